The van der Waals surface area contributed by atoms with E-state index in [0.717, 1.165) is 23.2 Å². The van der Waals surface area contributed by atoms with E-state index >= 15 is 0 Å². The number of H-pyrrole nitrogens is 1. The number of β-lactam (4-membered cyclic amide) rings is 1. The van der Waals surface area contributed by atoms with Gasteiger partial charge in [0.2, 0.25) is 0 Å². The van der Waals surface area contributed by atoms with E-state index in [4.69, 9.17) is 0 Å². The van der Waals surface area contributed by atoms with Gasteiger partial charge in [-0.15, -0.1) is 13.2 Å². The van der Waals surface area contributed by atoms with Crippen LogP contribution in [0.15, 0.2) is 49.1 Å². The highest BCUT2D eigenvalue weighted by Gasteiger charge is 2.50. The largest absolute Gasteiger partial charge is 0.504 e. The van der Waals surface area contributed by atoms with Gasteiger partial charge in [-0.3, -0.25) is 9.69 Å². The molecule has 2 atom stereocenters. The number of halogens is 5. The fourth-order valence-electron chi connectivity index (χ4n) is 3.76. The lowest BCUT2D eigenvalue weighted by Crippen LogP contribution is -2.59. The van der Waals surface area contributed by atoms with E-state index in [1.54, 1.807) is 6.07 Å². The van der Waals surface area contributed by atoms with E-state index in [-0.39, 0.29) is 21.5 Å². The van der Waals surface area contributed by atoms with E-state index in [9.17, 15) is 31.9 Å². The lowest BCUT2D eigenvalue weighted by Gasteiger charge is -2.44. The number of rotatable bonds is 3. The number of aromatic nitrogens is 4. The maximum absolute atomic E-state index is 14.9. The van der Waals surface area contributed by atoms with Gasteiger partial charge in [-0.05, 0) is 35.9 Å². The molecule has 0 radical (unpaired) electrons. The number of hydrogen-bond acceptors (Lipinski definition) is 4. The molecule has 4 aromatic rings. The van der Waals surface area contributed by atoms with Crippen LogP contribution in [0.25, 0.3) is 22.2 Å². The molecule has 0 aliphatic carbocycles. The van der Waals surface area contributed by atoms with Crippen LogP contribution in [0.3, 0.4) is 0 Å². The quantitative estimate of drug-likeness (QED) is 0.370. The lowest BCUT2D eigenvalue weighted by molar-refractivity contribution is -0.212. The fraction of sp³-hybridized carbons (Fsp3) is 0.150. The molecule has 32 heavy (non-hydrogen) atoms. The average molecular weight is 449 g/mol. The molecule has 3 heterocycles. The molecule has 2 N–H and O–H groups in total. The van der Waals surface area contributed by atoms with Crippen LogP contribution >= 0.6 is 0 Å². The normalized spacial score (nSPS) is 18.9. The number of imidazole rings is 1. The third-order valence-corrected chi connectivity index (χ3v) is 5.30. The molecule has 1 saturated heterocycles. The van der Waals surface area contributed by atoms with Crippen molar-refractivity contribution in [1.29, 1.82) is 0 Å². The van der Waals surface area contributed by atoms with Gasteiger partial charge in [-0.2, -0.15) is 9.78 Å². The molecule has 2 aromatic carbocycles. The maximum Gasteiger partial charge on any atom is 0.504 e. The van der Waals surface area contributed by atoms with Crippen LogP contribution in [0.4, 0.5) is 27.6 Å². The number of nitrogens with one attached hydrogen (secondary N) is 1. The molecule has 164 valence electrons. The van der Waals surface area contributed by atoms with Gasteiger partial charge in [0.25, 0.3) is 5.91 Å². The monoisotopic (exact) mass is 449 g/mol. The minimum atomic E-state index is -4.78. The summed E-state index contributed by atoms with van der Waals surface area (Å²) in [5.74, 6) is -3.00. The molecule has 1 fully saturated rings. The minimum Gasteiger partial charge on any atom is -0.381 e. The Labute approximate surface area is 175 Å². The second-order valence-electron chi connectivity index (χ2n) is 7.20. The number of nitrogens with zero attached hydrogens (tertiary/aromatic N) is 4. The number of aliphatic hydroxyl groups is 1. The van der Waals surface area contributed by atoms with E-state index in [1.807, 2.05) is 0 Å². The summed E-state index contributed by atoms with van der Waals surface area (Å²) >= 11 is 0. The van der Waals surface area contributed by atoms with Crippen molar-refractivity contribution in [1.82, 2.24) is 19.7 Å². The van der Waals surface area contributed by atoms with Crippen LogP contribution in [0.5, 0.6) is 0 Å². The number of hydrogen-bond donors (Lipinski definition) is 2. The summed E-state index contributed by atoms with van der Waals surface area (Å²) in [6.45, 7) is 0. The van der Waals surface area contributed by atoms with Gasteiger partial charge in [0.15, 0.2) is 6.10 Å². The molecule has 12 heteroatoms. The summed E-state index contributed by atoms with van der Waals surface area (Å²) in [5.41, 5.74) is 0.556. The van der Waals surface area contributed by atoms with Crippen molar-refractivity contribution in [2.75, 3.05) is 4.90 Å². The van der Waals surface area contributed by atoms with Crippen LogP contribution in [0.1, 0.15) is 11.6 Å². The van der Waals surface area contributed by atoms with Crippen LogP contribution in [0.2, 0.25) is 0 Å². The van der Waals surface area contributed by atoms with Crippen molar-refractivity contribution in [3.8, 4) is 11.1 Å². The number of carbonyl (C=O) groups is 1. The van der Waals surface area contributed by atoms with Gasteiger partial charge in [-0.25, -0.2) is 13.8 Å². The van der Waals surface area contributed by atoms with Crippen LogP contribution in [-0.4, -0.2) is 36.9 Å². The molecular weight excluding hydrogens is 437 g/mol. The smallest absolute Gasteiger partial charge is 0.381 e. The Bertz CT molecular complexity index is 1340. The van der Waals surface area contributed by atoms with Crippen molar-refractivity contribution >= 4 is 22.6 Å². The summed E-state index contributed by atoms with van der Waals surface area (Å²) in [6.07, 6.45) is -3.60. The van der Waals surface area contributed by atoms with E-state index in [1.165, 1.54) is 18.5 Å². The minimum absolute atomic E-state index is 0.155. The molecule has 2 aromatic heterocycles. The number of aliphatic hydroxyl groups excluding tert-OH is 1. The number of carbonyl (C=O) groups excluding carboxylic acids is 1. The Hall–Kier alpha value is -3.80. The maximum atomic E-state index is 14.9. The molecule has 0 spiro atoms. The molecule has 7 nitrogen and oxygen atoms in total. The predicted octanol–water partition coefficient (Wildman–Crippen LogP) is 3.63. The molecule has 1 amide bonds. The first-order valence-electron chi connectivity index (χ1n) is 9.20. The number of benzene rings is 2. The topological polar surface area (TPSA) is 87.0 Å². The number of fused-ring (bicyclic) bond motifs is 1. The molecular formula is C20H12F5N5O2. The van der Waals surface area contributed by atoms with Crippen LogP contribution in [-0.2, 0) is 11.1 Å². The van der Waals surface area contributed by atoms with E-state index in [2.05, 4.69) is 15.1 Å². The van der Waals surface area contributed by atoms with Crippen molar-refractivity contribution < 1.29 is 31.9 Å². The highest BCUT2D eigenvalue weighted by molar-refractivity contribution is 6.05. The zero-order valence-electron chi connectivity index (χ0n) is 15.8. The molecule has 1 unspecified atom stereocenters. The lowest BCUT2D eigenvalue weighted by atomic mass is 9.88. The molecule has 5 rings (SSSR count). The Morgan fingerprint density at radius 3 is 2.44 bits per heavy atom. The standard InChI is InChI=1S/C20H12F5N5O2/c21-12-3-9(10-6-28-29(7-10)20(23,24)25)4-13(22)16(12)17-18(31)19(32)30(17)11-1-2-14-15(5-11)27-8-26-14/h1-8,17-18,31H,(H,26,27)/t17?,18-/m0/s1. The number of amides is 1. The second-order valence-corrected chi connectivity index (χ2v) is 7.20. The fourth-order valence-corrected chi connectivity index (χ4v) is 3.76. The Morgan fingerprint density at radius 1 is 1.06 bits per heavy atom. The summed E-state index contributed by atoms with van der Waals surface area (Å²) in [4.78, 5) is 20.3. The highest BCUT2D eigenvalue weighted by atomic mass is 19.4. The Balaban J connectivity index is 1.53. The number of aromatic amines is 1. The number of alkyl halides is 3. The average Bonchev–Trinajstić information content (AvgIpc) is 3.41. The van der Waals surface area contributed by atoms with Crippen molar-refractivity contribution in [2.45, 2.75) is 18.4 Å². The summed E-state index contributed by atoms with van der Waals surface area (Å²) in [5, 5.41) is 13.3. The first-order chi connectivity index (χ1) is 15.1. The van der Waals surface area contributed by atoms with Crippen LogP contribution < -0.4 is 4.90 Å². The van der Waals surface area contributed by atoms with Gasteiger partial charge in [0.05, 0.1) is 23.6 Å². The molecule has 0 bridgehead atoms. The highest BCUT2D eigenvalue weighted by Crippen LogP contribution is 2.42. The first kappa shape index (κ1) is 20.1. The zero-order chi connectivity index (χ0) is 22.8. The van der Waals surface area contributed by atoms with Crippen molar-refractivity contribution in [3.05, 3.63) is 66.3 Å². The second kappa shape index (κ2) is 6.85. The summed E-state index contributed by atoms with van der Waals surface area (Å²) in [7, 11) is 0. The molecule has 1 aliphatic rings. The third-order valence-electron chi connectivity index (χ3n) is 5.30. The van der Waals surface area contributed by atoms with Gasteiger partial charge >= 0.3 is 6.30 Å². The van der Waals surface area contributed by atoms with Crippen molar-refractivity contribution in [3.63, 3.8) is 0 Å². The van der Waals surface area contributed by atoms with E-state index in [0.29, 0.717) is 17.2 Å². The van der Waals surface area contributed by atoms with Crippen molar-refractivity contribution in [2.24, 2.45) is 0 Å². The molecule has 1 aliphatic heterocycles. The van der Waals surface area contributed by atoms with Gasteiger partial charge < -0.3 is 10.1 Å². The first-order valence-corrected chi connectivity index (χ1v) is 9.20. The summed E-state index contributed by atoms with van der Waals surface area (Å²) < 4.78 is 67.8. The number of anilines is 1. The predicted molar refractivity (Wildman–Crippen MR) is 101 cm³/mol. The summed E-state index contributed by atoms with van der Waals surface area (Å²) in [6, 6.07) is 5.00. The Kier molecular flexibility index (Phi) is 4.31. The molecule has 0 saturated carbocycles. The third kappa shape index (κ3) is 3.02. The van der Waals surface area contributed by atoms with Gasteiger partial charge in [0.1, 0.15) is 17.7 Å². The SMILES string of the molecule is O=C1[C@@H](O)C(c2c(F)cc(-c3cnn(C(F)(F)F)c3)cc2F)N1c1ccc2[nH]cnc2c1. The van der Waals surface area contributed by atoms with Crippen LogP contribution in [0, 0.1) is 11.6 Å². The van der Waals surface area contributed by atoms with Gasteiger partial charge in [-0.1, -0.05) is 0 Å². The Morgan fingerprint density at radius 2 is 1.78 bits per heavy atom. The zero-order valence-corrected chi connectivity index (χ0v) is 15.8. The van der Waals surface area contributed by atoms with Gasteiger partial charge in [0, 0.05) is 23.0 Å². The van der Waals surface area contributed by atoms with E-state index < -0.39 is 41.6 Å².